The second-order valence-electron chi connectivity index (χ2n) is 8.56. The van der Waals surface area contributed by atoms with Crippen molar-refractivity contribution < 1.29 is 18.8 Å². The van der Waals surface area contributed by atoms with E-state index in [1.807, 2.05) is 36.1 Å². The quantitative estimate of drug-likeness (QED) is 0.397. The lowest BCUT2D eigenvalue weighted by molar-refractivity contribution is -0.133. The van der Waals surface area contributed by atoms with E-state index in [1.165, 1.54) is 5.56 Å². The lowest BCUT2D eigenvalue weighted by Crippen LogP contribution is -2.40. The van der Waals surface area contributed by atoms with Crippen LogP contribution >= 0.6 is 11.6 Å². The Hall–Kier alpha value is -2.94. The van der Waals surface area contributed by atoms with E-state index in [0.717, 1.165) is 44.8 Å². The van der Waals surface area contributed by atoms with Crippen molar-refractivity contribution in [2.45, 2.75) is 19.8 Å². The van der Waals surface area contributed by atoms with Gasteiger partial charge in [-0.25, -0.2) is 0 Å². The second kappa shape index (κ2) is 12.7. The minimum absolute atomic E-state index is 0.0440. The highest BCUT2D eigenvalue weighted by molar-refractivity contribution is 6.30. The lowest BCUT2D eigenvalue weighted by atomic mass is 10.1. The standard InChI is InChI=1S/C26H31ClN4O4/c1-20-3-5-21(6-4-20)26-28-24(35-29-26)11-14-31(13-2-12-30-15-17-33-18-16-30)25(32)19-34-23-9-7-22(27)8-10-23/h3-10H,2,11-19H2,1H3. The molecule has 4 rings (SSSR count). The molecule has 0 saturated carbocycles. The smallest absolute Gasteiger partial charge is 0.260 e. The maximum Gasteiger partial charge on any atom is 0.260 e. The number of carbonyl (C=O) groups excluding carboxylic acids is 1. The van der Waals surface area contributed by atoms with E-state index >= 15 is 0 Å². The average molecular weight is 499 g/mol. The largest absolute Gasteiger partial charge is 0.484 e. The molecule has 3 aromatic rings. The third kappa shape index (κ3) is 7.78. The summed E-state index contributed by atoms with van der Waals surface area (Å²) in [7, 11) is 0. The Balaban J connectivity index is 1.33. The van der Waals surface area contributed by atoms with Crippen molar-refractivity contribution in [3.63, 3.8) is 0 Å². The Kier molecular flexibility index (Phi) is 9.11. The Morgan fingerprint density at radius 3 is 2.57 bits per heavy atom. The molecule has 1 amide bonds. The lowest BCUT2D eigenvalue weighted by Gasteiger charge is -2.28. The van der Waals surface area contributed by atoms with E-state index in [0.29, 0.717) is 42.0 Å². The summed E-state index contributed by atoms with van der Waals surface area (Å²) in [4.78, 5) is 21.7. The summed E-state index contributed by atoms with van der Waals surface area (Å²) in [5.74, 6) is 1.58. The van der Waals surface area contributed by atoms with Gasteiger partial charge in [0.15, 0.2) is 6.61 Å². The van der Waals surface area contributed by atoms with Crippen molar-refractivity contribution in [3.8, 4) is 17.1 Å². The molecule has 35 heavy (non-hydrogen) atoms. The molecule has 0 bridgehead atoms. The molecule has 0 radical (unpaired) electrons. The number of ether oxygens (including phenoxy) is 2. The zero-order valence-electron chi connectivity index (χ0n) is 20.0. The van der Waals surface area contributed by atoms with Crippen molar-refractivity contribution in [2.24, 2.45) is 0 Å². The van der Waals surface area contributed by atoms with Gasteiger partial charge in [0.1, 0.15) is 5.75 Å². The summed E-state index contributed by atoms with van der Waals surface area (Å²) < 4.78 is 16.6. The fourth-order valence-corrected chi connectivity index (χ4v) is 3.97. The Labute approximate surface area is 210 Å². The molecule has 1 fully saturated rings. The molecule has 0 spiro atoms. The Morgan fingerprint density at radius 1 is 1.09 bits per heavy atom. The van der Waals surface area contributed by atoms with Gasteiger partial charge < -0.3 is 18.9 Å². The molecule has 9 heteroatoms. The second-order valence-corrected chi connectivity index (χ2v) is 9.00. The minimum Gasteiger partial charge on any atom is -0.484 e. The number of amides is 1. The number of aryl methyl sites for hydroxylation is 1. The summed E-state index contributed by atoms with van der Waals surface area (Å²) >= 11 is 5.93. The molecule has 0 N–H and O–H groups in total. The number of rotatable bonds is 11. The summed E-state index contributed by atoms with van der Waals surface area (Å²) in [5, 5.41) is 4.72. The van der Waals surface area contributed by atoms with Gasteiger partial charge in [0, 0.05) is 49.7 Å². The van der Waals surface area contributed by atoms with E-state index in [-0.39, 0.29) is 12.5 Å². The van der Waals surface area contributed by atoms with Crippen LogP contribution in [0, 0.1) is 6.92 Å². The Bertz CT molecular complexity index is 1070. The summed E-state index contributed by atoms with van der Waals surface area (Å²) in [6, 6.07) is 15.0. The number of hydrogen-bond donors (Lipinski definition) is 0. The number of aromatic nitrogens is 2. The molecular weight excluding hydrogens is 468 g/mol. The number of morpholine rings is 1. The molecular formula is C26H31ClN4O4. The molecule has 2 heterocycles. The molecule has 8 nitrogen and oxygen atoms in total. The van der Waals surface area contributed by atoms with Crippen LogP contribution in [0.3, 0.4) is 0 Å². The van der Waals surface area contributed by atoms with Crippen LogP contribution in [0.5, 0.6) is 5.75 Å². The van der Waals surface area contributed by atoms with Crippen molar-refractivity contribution in [1.29, 1.82) is 0 Å². The third-order valence-electron chi connectivity index (χ3n) is 5.91. The van der Waals surface area contributed by atoms with Crippen molar-refractivity contribution in [2.75, 3.05) is 52.5 Å². The van der Waals surface area contributed by atoms with Gasteiger partial charge in [-0.3, -0.25) is 9.69 Å². The molecule has 186 valence electrons. The minimum atomic E-state index is -0.0831. The van der Waals surface area contributed by atoms with Gasteiger partial charge in [0.05, 0.1) is 13.2 Å². The van der Waals surface area contributed by atoms with E-state index in [2.05, 4.69) is 15.0 Å². The highest BCUT2D eigenvalue weighted by atomic mass is 35.5. The first-order valence-corrected chi connectivity index (χ1v) is 12.3. The zero-order valence-corrected chi connectivity index (χ0v) is 20.7. The number of hydrogen-bond acceptors (Lipinski definition) is 7. The van der Waals surface area contributed by atoms with Crippen molar-refractivity contribution in [1.82, 2.24) is 19.9 Å². The highest BCUT2D eigenvalue weighted by Crippen LogP contribution is 2.17. The molecule has 1 aromatic heterocycles. The predicted molar refractivity (Wildman–Crippen MR) is 134 cm³/mol. The first-order chi connectivity index (χ1) is 17.1. The van der Waals surface area contributed by atoms with Crippen LogP contribution in [0.1, 0.15) is 17.9 Å². The molecule has 1 saturated heterocycles. The van der Waals surface area contributed by atoms with Crippen LogP contribution in [-0.2, 0) is 16.0 Å². The highest BCUT2D eigenvalue weighted by Gasteiger charge is 2.18. The summed E-state index contributed by atoms with van der Waals surface area (Å²) in [6.07, 6.45) is 1.34. The molecule has 2 aromatic carbocycles. The molecule has 1 aliphatic rings. The summed E-state index contributed by atoms with van der Waals surface area (Å²) in [6.45, 7) is 7.39. The maximum atomic E-state index is 13.0. The zero-order chi connectivity index (χ0) is 24.5. The van der Waals surface area contributed by atoms with Crippen LogP contribution in [0.15, 0.2) is 53.1 Å². The van der Waals surface area contributed by atoms with Gasteiger partial charge in [-0.05, 0) is 37.6 Å². The Morgan fingerprint density at radius 2 is 1.83 bits per heavy atom. The molecule has 1 aliphatic heterocycles. The van der Waals surface area contributed by atoms with Crippen molar-refractivity contribution >= 4 is 17.5 Å². The topological polar surface area (TPSA) is 80.9 Å². The van der Waals surface area contributed by atoms with Crippen LogP contribution in [-0.4, -0.2) is 78.4 Å². The predicted octanol–water partition coefficient (Wildman–Crippen LogP) is 3.87. The SMILES string of the molecule is Cc1ccc(-c2noc(CCN(CCCN3CCOCC3)C(=O)COc3ccc(Cl)cc3)n2)cc1. The van der Waals surface area contributed by atoms with Crippen LogP contribution < -0.4 is 4.74 Å². The van der Waals surface area contributed by atoms with Crippen molar-refractivity contribution in [3.05, 3.63) is 65.0 Å². The molecule has 0 atom stereocenters. The first kappa shape index (κ1) is 25.2. The van der Waals surface area contributed by atoms with Gasteiger partial charge in [-0.2, -0.15) is 4.98 Å². The monoisotopic (exact) mass is 498 g/mol. The van der Waals surface area contributed by atoms with Crippen LogP contribution in [0.4, 0.5) is 0 Å². The van der Waals surface area contributed by atoms with Gasteiger partial charge in [0.25, 0.3) is 5.91 Å². The van der Waals surface area contributed by atoms with Crippen LogP contribution in [0.2, 0.25) is 5.02 Å². The average Bonchev–Trinajstić information content (AvgIpc) is 3.35. The number of benzene rings is 2. The van der Waals surface area contributed by atoms with E-state index in [9.17, 15) is 4.79 Å². The normalized spacial score (nSPS) is 14.1. The van der Waals surface area contributed by atoms with Crippen LogP contribution in [0.25, 0.3) is 11.4 Å². The van der Waals surface area contributed by atoms with Gasteiger partial charge >= 0.3 is 0 Å². The van der Waals surface area contributed by atoms with E-state index < -0.39 is 0 Å². The summed E-state index contributed by atoms with van der Waals surface area (Å²) in [5.41, 5.74) is 2.07. The van der Waals surface area contributed by atoms with Gasteiger partial charge in [-0.15, -0.1) is 0 Å². The number of carbonyl (C=O) groups is 1. The molecule has 0 unspecified atom stereocenters. The van der Waals surface area contributed by atoms with Gasteiger partial charge in [0.2, 0.25) is 11.7 Å². The maximum absolute atomic E-state index is 13.0. The number of halogens is 1. The first-order valence-electron chi connectivity index (χ1n) is 11.9. The molecule has 0 aliphatic carbocycles. The van der Waals surface area contributed by atoms with E-state index in [4.69, 9.17) is 25.6 Å². The fraction of sp³-hybridized carbons (Fsp3) is 0.423. The number of nitrogens with zero attached hydrogens (tertiary/aromatic N) is 4. The van der Waals surface area contributed by atoms with E-state index in [1.54, 1.807) is 24.3 Å². The third-order valence-corrected chi connectivity index (χ3v) is 6.16. The van der Waals surface area contributed by atoms with Gasteiger partial charge in [-0.1, -0.05) is 46.6 Å². The fourth-order valence-electron chi connectivity index (χ4n) is 3.85.